The lowest BCUT2D eigenvalue weighted by Gasteiger charge is -2.29. The molecule has 0 aliphatic heterocycles. The van der Waals surface area contributed by atoms with Crippen LogP contribution in [0.25, 0.3) is 11.1 Å². The van der Waals surface area contributed by atoms with Gasteiger partial charge < -0.3 is 9.47 Å². The largest absolute Gasteiger partial charge is 0.435 e. The minimum absolute atomic E-state index is 0.000463. The zero-order valence-corrected chi connectivity index (χ0v) is 21.1. The number of benzene rings is 3. The molecule has 198 valence electrons. The van der Waals surface area contributed by atoms with E-state index in [2.05, 4.69) is 11.7 Å². The number of halogens is 4. The predicted octanol–water partition coefficient (Wildman–Crippen LogP) is 9.94. The minimum Gasteiger partial charge on any atom is -0.435 e. The molecule has 0 bridgehead atoms. The van der Waals surface area contributed by atoms with Gasteiger partial charge in [0.2, 0.25) is 0 Å². The van der Waals surface area contributed by atoms with Gasteiger partial charge in [0.25, 0.3) is 0 Å². The Hall–Kier alpha value is -3.02. The van der Waals surface area contributed by atoms with E-state index in [0.717, 1.165) is 24.3 Å². The van der Waals surface area contributed by atoms with E-state index < -0.39 is 12.7 Å². The Bertz CT molecular complexity index is 1100. The molecule has 0 heterocycles. The number of alkyl halides is 4. The van der Waals surface area contributed by atoms with Gasteiger partial charge in [-0.1, -0.05) is 75.1 Å². The smallest absolute Gasteiger partial charge is 0.426 e. The monoisotopic (exact) mass is 514 g/mol. The van der Waals surface area contributed by atoms with E-state index in [-0.39, 0.29) is 17.1 Å². The van der Waals surface area contributed by atoms with Crippen molar-refractivity contribution >= 4 is 0 Å². The molecular formula is C31H34F4O2. The molecule has 4 rings (SSSR count). The third kappa shape index (κ3) is 7.27. The van der Waals surface area contributed by atoms with E-state index in [4.69, 9.17) is 4.74 Å². The van der Waals surface area contributed by atoms with E-state index in [1.807, 2.05) is 12.1 Å². The molecular weight excluding hydrogens is 480 g/mol. The van der Waals surface area contributed by atoms with Gasteiger partial charge in [-0.3, -0.25) is 0 Å². The average molecular weight is 515 g/mol. The van der Waals surface area contributed by atoms with Crippen molar-refractivity contribution in [3.8, 4) is 22.6 Å². The Kier molecular flexibility index (Phi) is 9.12. The average Bonchev–Trinajstić information content (AvgIpc) is 2.90. The fraction of sp³-hybridized carbons (Fsp3) is 0.419. The quantitative estimate of drug-likeness (QED) is 0.187. The number of unbranched alkanes of at least 4 members (excludes halogenated alkanes) is 2. The molecule has 0 atom stereocenters. The fourth-order valence-corrected chi connectivity index (χ4v) is 5.22. The SMILES string of the molecule is CCCCC[C@H]1CC[C@H](c2ccc(C(F)(F)Oc3ccccc3-c3ccc(OC(F)F)cc3)cc2)CC1. The lowest BCUT2D eigenvalue weighted by molar-refractivity contribution is -0.185. The topological polar surface area (TPSA) is 18.5 Å². The molecule has 0 saturated heterocycles. The summed E-state index contributed by atoms with van der Waals surface area (Å²) in [5, 5.41) is 0. The molecule has 0 aromatic heterocycles. The summed E-state index contributed by atoms with van der Waals surface area (Å²) < 4.78 is 64.8. The normalized spacial score (nSPS) is 18.1. The van der Waals surface area contributed by atoms with E-state index in [1.54, 1.807) is 18.2 Å². The van der Waals surface area contributed by atoms with Gasteiger partial charge in [-0.05, 0) is 79.0 Å². The van der Waals surface area contributed by atoms with Gasteiger partial charge in [0.05, 0.1) is 5.56 Å². The van der Waals surface area contributed by atoms with Crippen LogP contribution in [0.5, 0.6) is 11.5 Å². The summed E-state index contributed by atoms with van der Waals surface area (Å²) in [6.07, 6.45) is 6.25. The number of hydrogen-bond donors (Lipinski definition) is 0. The van der Waals surface area contributed by atoms with E-state index in [9.17, 15) is 8.78 Å². The van der Waals surface area contributed by atoms with Crippen LogP contribution in [0, 0.1) is 5.92 Å². The Balaban J connectivity index is 1.41. The highest BCUT2D eigenvalue weighted by Crippen LogP contribution is 2.40. The Morgan fingerprint density at radius 3 is 2.16 bits per heavy atom. The van der Waals surface area contributed by atoms with Gasteiger partial charge in [-0.25, -0.2) is 0 Å². The third-order valence-corrected chi connectivity index (χ3v) is 7.30. The van der Waals surface area contributed by atoms with Gasteiger partial charge in [-0.15, -0.1) is 0 Å². The van der Waals surface area contributed by atoms with Gasteiger partial charge >= 0.3 is 12.7 Å². The molecule has 1 aliphatic carbocycles. The molecule has 0 radical (unpaired) electrons. The third-order valence-electron chi connectivity index (χ3n) is 7.30. The lowest BCUT2D eigenvalue weighted by atomic mass is 9.77. The Morgan fingerprint density at radius 2 is 1.51 bits per heavy atom. The van der Waals surface area contributed by atoms with Crippen LogP contribution in [0.1, 0.15) is 75.3 Å². The van der Waals surface area contributed by atoms with Crippen LogP contribution < -0.4 is 9.47 Å². The zero-order chi connectivity index (χ0) is 26.3. The van der Waals surface area contributed by atoms with Crippen LogP contribution in [0.3, 0.4) is 0 Å². The molecule has 0 spiro atoms. The summed E-state index contributed by atoms with van der Waals surface area (Å²) in [4.78, 5) is 0. The highest BCUT2D eigenvalue weighted by molar-refractivity contribution is 5.71. The van der Waals surface area contributed by atoms with Crippen LogP contribution in [0.4, 0.5) is 17.6 Å². The van der Waals surface area contributed by atoms with Crippen molar-refractivity contribution in [2.24, 2.45) is 5.92 Å². The molecule has 0 unspecified atom stereocenters. The molecule has 2 nitrogen and oxygen atoms in total. The van der Waals surface area contributed by atoms with Crippen molar-refractivity contribution in [1.82, 2.24) is 0 Å². The van der Waals surface area contributed by atoms with Crippen LogP contribution in [0.2, 0.25) is 0 Å². The highest BCUT2D eigenvalue weighted by Gasteiger charge is 2.35. The van der Waals surface area contributed by atoms with Crippen molar-refractivity contribution in [3.63, 3.8) is 0 Å². The van der Waals surface area contributed by atoms with Crippen LogP contribution >= 0.6 is 0 Å². The van der Waals surface area contributed by atoms with Crippen LogP contribution in [-0.2, 0) is 6.11 Å². The van der Waals surface area contributed by atoms with Crippen LogP contribution in [-0.4, -0.2) is 6.61 Å². The molecule has 6 heteroatoms. The predicted molar refractivity (Wildman–Crippen MR) is 138 cm³/mol. The van der Waals surface area contributed by atoms with Crippen molar-refractivity contribution in [1.29, 1.82) is 0 Å². The summed E-state index contributed by atoms with van der Waals surface area (Å²) in [5.74, 6) is 1.21. The molecule has 37 heavy (non-hydrogen) atoms. The highest BCUT2D eigenvalue weighted by atomic mass is 19.3. The van der Waals surface area contributed by atoms with Crippen molar-refractivity contribution < 1.29 is 27.0 Å². The number of para-hydroxylation sites is 1. The Labute approximate surface area is 216 Å². The molecule has 0 N–H and O–H groups in total. The maximum Gasteiger partial charge on any atom is 0.426 e. The molecule has 1 aliphatic rings. The van der Waals surface area contributed by atoms with Crippen molar-refractivity contribution in [2.45, 2.75) is 76.9 Å². The van der Waals surface area contributed by atoms with E-state index in [0.29, 0.717) is 17.0 Å². The number of hydrogen-bond acceptors (Lipinski definition) is 2. The maximum absolute atomic E-state index is 15.2. The van der Waals surface area contributed by atoms with Gasteiger partial charge in [0.1, 0.15) is 11.5 Å². The first-order valence-corrected chi connectivity index (χ1v) is 13.2. The molecule has 1 saturated carbocycles. The Morgan fingerprint density at radius 1 is 0.838 bits per heavy atom. The molecule has 3 aromatic rings. The summed E-state index contributed by atoms with van der Waals surface area (Å²) >= 11 is 0. The maximum atomic E-state index is 15.2. The second kappa shape index (κ2) is 12.5. The lowest BCUT2D eigenvalue weighted by Crippen LogP contribution is -2.22. The first kappa shape index (κ1) is 27.0. The van der Waals surface area contributed by atoms with Gasteiger partial charge in [-0.2, -0.15) is 17.6 Å². The minimum atomic E-state index is -3.54. The summed E-state index contributed by atoms with van der Waals surface area (Å²) in [7, 11) is 0. The first-order chi connectivity index (χ1) is 17.9. The second-order valence-corrected chi connectivity index (χ2v) is 9.85. The van der Waals surface area contributed by atoms with Crippen molar-refractivity contribution in [2.75, 3.05) is 0 Å². The number of ether oxygens (including phenoxy) is 2. The molecule has 3 aromatic carbocycles. The summed E-state index contributed by atoms with van der Waals surface area (Å²) in [6, 6.07) is 18.8. The first-order valence-electron chi connectivity index (χ1n) is 13.2. The molecule has 1 fully saturated rings. The molecule has 0 amide bonds. The van der Waals surface area contributed by atoms with Gasteiger partial charge in [0.15, 0.2) is 0 Å². The van der Waals surface area contributed by atoms with Crippen molar-refractivity contribution in [3.05, 3.63) is 83.9 Å². The van der Waals surface area contributed by atoms with E-state index >= 15 is 8.78 Å². The van der Waals surface area contributed by atoms with E-state index in [1.165, 1.54) is 81.0 Å². The van der Waals surface area contributed by atoms with Gasteiger partial charge in [0, 0.05) is 5.56 Å². The zero-order valence-electron chi connectivity index (χ0n) is 21.1. The van der Waals surface area contributed by atoms with Crippen LogP contribution in [0.15, 0.2) is 72.8 Å². The standard InChI is InChI=1S/C31H34F4O2/c1-2-3-4-7-22-10-12-23(13-11-22)24-14-18-26(19-15-24)31(34,35)37-29-9-6-5-8-28(29)25-16-20-27(21-17-25)36-30(32)33/h5-6,8-9,14-23,30H,2-4,7,10-13H2,1H3/t22-,23-. The fourth-order valence-electron chi connectivity index (χ4n) is 5.22. The summed E-state index contributed by atoms with van der Waals surface area (Å²) in [5.41, 5.74) is 1.88. The second-order valence-electron chi connectivity index (χ2n) is 9.85. The summed E-state index contributed by atoms with van der Waals surface area (Å²) in [6.45, 7) is -0.708. The number of rotatable bonds is 11.